The molecule has 0 saturated carbocycles. The summed E-state index contributed by atoms with van der Waals surface area (Å²) in [5, 5.41) is 6.67. The molecular weight excluding hydrogens is 270 g/mol. The van der Waals surface area contributed by atoms with Crippen LogP contribution in [-0.2, 0) is 0 Å². The highest BCUT2D eigenvalue weighted by molar-refractivity contribution is 5.42. The fourth-order valence-corrected chi connectivity index (χ4v) is 2.21. The molecule has 128 valence electrons. The summed E-state index contributed by atoms with van der Waals surface area (Å²) < 4.78 is 0. The number of nitrogens with two attached hydrogens (primary N) is 1. The van der Waals surface area contributed by atoms with Crippen LogP contribution in [0, 0.1) is 5.92 Å². The third kappa shape index (κ3) is 13.9. The first-order valence-electron chi connectivity index (χ1n) is 8.94. The van der Waals surface area contributed by atoms with Gasteiger partial charge in [0.1, 0.15) is 0 Å². The lowest BCUT2D eigenvalue weighted by atomic mass is 10.1. The van der Waals surface area contributed by atoms with Gasteiger partial charge < -0.3 is 16.4 Å². The highest BCUT2D eigenvalue weighted by Gasteiger charge is 1.97. The second-order valence-electron chi connectivity index (χ2n) is 5.89. The van der Waals surface area contributed by atoms with Gasteiger partial charge >= 0.3 is 0 Å². The van der Waals surface area contributed by atoms with Gasteiger partial charge in [-0.25, -0.2) is 0 Å². The van der Waals surface area contributed by atoms with E-state index >= 15 is 0 Å². The summed E-state index contributed by atoms with van der Waals surface area (Å²) in [7, 11) is 0. The summed E-state index contributed by atoms with van der Waals surface area (Å²) in [6.07, 6.45) is 6.48. The molecule has 4 N–H and O–H groups in total. The van der Waals surface area contributed by atoms with Gasteiger partial charge in [0.2, 0.25) is 0 Å². The Kier molecular flexibility index (Phi) is 15.5. The third-order valence-corrected chi connectivity index (χ3v) is 3.48. The molecule has 0 saturated heterocycles. The predicted octanol–water partition coefficient (Wildman–Crippen LogP) is 4.26. The Morgan fingerprint density at radius 2 is 1.73 bits per heavy atom. The SMILES string of the molecule is CCCC(C)CNCCN.CCCCCNc1ccccc1. The van der Waals surface area contributed by atoms with Crippen molar-refractivity contribution in [2.24, 2.45) is 11.7 Å². The van der Waals surface area contributed by atoms with Crippen LogP contribution in [-0.4, -0.2) is 26.2 Å². The first kappa shape index (κ1) is 20.9. The van der Waals surface area contributed by atoms with E-state index in [4.69, 9.17) is 5.73 Å². The number of benzene rings is 1. The van der Waals surface area contributed by atoms with Gasteiger partial charge in [-0.3, -0.25) is 0 Å². The minimum atomic E-state index is 0.749. The summed E-state index contributed by atoms with van der Waals surface area (Å²) in [6, 6.07) is 10.4. The van der Waals surface area contributed by atoms with Crippen LogP contribution in [0.1, 0.15) is 52.9 Å². The lowest BCUT2D eigenvalue weighted by Crippen LogP contribution is -2.26. The van der Waals surface area contributed by atoms with E-state index in [2.05, 4.69) is 55.7 Å². The Labute approximate surface area is 138 Å². The van der Waals surface area contributed by atoms with Crippen molar-refractivity contribution >= 4 is 5.69 Å². The van der Waals surface area contributed by atoms with Crippen LogP contribution in [0.25, 0.3) is 0 Å². The Morgan fingerprint density at radius 3 is 2.32 bits per heavy atom. The fourth-order valence-electron chi connectivity index (χ4n) is 2.21. The van der Waals surface area contributed by atoms with Crippen molar-refractivity contribution in [2.45, 2.75) is 52.9 Å². The van der Waals surface area contributed by atoms with Gasteiger partial charge in [0.15, 0.2) is 0 Å². The lowest BCUT2D eigenvalue weighted by molar-refractivity contribution is 0.480. The van der Waals surface area contributed by atoms with Crippen LogP contribution < -0.4 is 16.4 Å². The van der Waals surface area contributed by atoms with Crippen LogP contribution in [0.15, 0.2) is 30.3 Å². The van der Waals surface area contributed by atoms with Crippen LogP contribution in [0.3, 0.4) is 0 Å². The maximum Gasteiger partial charge on any atom is 0.0340 e. The van der Waals surface area contributed by atoms with Crippen molar-refractivity contribution in [1.29, 1.82) is 0 Å². The first-order valence-corrected chi connectivity index (χ1v) is 8.94. The number of rotatable bonds is 11. The number of unbranched alkanes of at least 4 members (excludes halogenated alkanes) is 2. The van der Waals surface area contributed by atoms with Gasteiger partial charge in [0.05, 0.1) is 0 Å². The van der Waals surface area contributed by atoms with Crippen LogP contribution in [0.5, 0.6) is 0 Å². The number of para-hydroxylation sites is 1. The molecule has 0 aliphatic heterocycles. The molecule has 0 aromatic heterocycles. The average molecular weight is 308 g/mol. The normalized spacial score (nSPS) is 11.5. The number of anilines is 1. The van der Waals surface area contributed by atoms with Gasteiger partial charge in [-0.15, -0.1) is 0 Å². The van der Waals surface area contributed by atoms with Crippen molar-refractivity contribution in [3.63, 3.8) is 0 Å². The summed E-state index contributed by atoms with van der Waals surface area (Å²) in [5.74, 6) is 0.802. The van der Waals surface area contributed by atoms with E-state index in [1.165, 1.54) is 37.8 Å². The molecule has 3 nitrogen and oxygen atoms in total. The molecule has 0 aliphatic carbocycles. The van der Waals surface area contributed by atoms with Crippen molar-refractivity contribution in [3.8, 4) is 0 Å². The van der Waals surface area contributed by atoms with Gasteiger partial charge in [-0.1, -0.05) is 58.2 Å². The fraction of sp³-hybridized carbons (Fsp3) is 0.684. The van der Waals surface area contributed by atoms with Crippen LogP contribution in [0.4, 0.5) is 5.69 Å². The molecule has 0 fully saturated rings. The maximum atomic E-state index is 5.33. The highest BCUT2D eigenvalue weighted by Crippen LogP contribution is 2.05. The molecule has 1 atom stereocenters. The van der Waals surface area contributed by atoms with Crippen molar-refractivity contribution in [3.05, 3.63) is 30.3 Å². The van der Waals surface area contributed by atoms with E-state index in [0.29, 0.717) is 0 Å². The lowest BCUT2D eigenvalue weighted by Gasteiger charge is -2.09. The molecule has 3 heteroatoms. The van der Waals surface area contributed by atoms with Gasteiger partial charge in [-0.2, -0.15) is 0 Å². The molecular formula is C19H37N3. The topological polar surface area (TPSA) is 50.1 Å². The smallest absolute Gasteiger partial charge is 0.0340 e. The Balaban J connectivity index is 0.000000409. The molecule has 1 aromatic rings. The molecule has 1 rings (SSSR count). The zero-order valence-corrected chi connectivity index (χ0v) is 14.9. The number of hydrogen-bond donors (Lipinski definition) is 3. The molecule has 0 radical (unpaired) electrons. The molecule has 1 unspecified atom stereocenters. The van der Waals surface area contributed by atoms with Crippen molar-refractivity contribution in [2.75, 3.05) is 31.5 Å². The standard InChI is InChI=1S/C11H17N.C8H20N2/c1-2-3-7-10-12-11-8-5-4-6-9-11;1-3-4-8(2)7-10-6-5-9/h4-6,8-9,12H,2-3,7,10H2,1H3;8,10H,3-7,9H2,1-2H3. The molecule has 0 bridgehead atoms. The Bertz CT molecular complexity index is 314. The number of nitrogens with one attached hydrogen (secondary N) is 2. The van der Waals surface area contributed by atoms with Crippen LogP contribution >= 0.6 is 0 Å². The molecule has 0 heterocycles. The Hall–Kier alpha value is -1.06. The first-order chi connectivity index (χ1) is 10.7. The summed E-state index contributed by atoms with van der Waals surface area (Å²) in [6.45, 7) is 10.6. The largest absolute Gasteiger partial charge is 0.385 e. The second-order valence-corrected chi connectivity index (χ2v) is 5.89. The highest BCUT2D eigenvalue weighted by atomic mass is 14.9. The number of hydrogen-bond acceptors (Lipinski definition) is 3. The molecule has 0 aliphatic rings. The zero-order valence-electron chi connectivity index (χ0n) is 14.9. The average Bonchev–Trinajstić information content (AvgIpc) is 2.54. The van der Waals surface area contributed by atoms with Crippen LogP contribution in [0.2, 0.25) is 0 Å². The summed E-state index contributed by atoms with van der Waals surface area (Å²) in [4.78, 5) is 0. The van der Waals surface area contributed by atoms with Gasteiger partial charge in [-0.05, 0) is 37.4 Å². The quantitative estimate of drug-likeness (QED) is 0.535. The molecule has 1 aromatic carbocycles. The van der Waals surface area contributed by atoms with E-state index in [1.807, 2.05) is 6.07 Å². The predicted molar refractivity (Wildman–Crippen MR) is 100 cm³/mol. The van der Waals surface area contributed by atoms with E-state index in [9.17, 15) is 0 Å². The van der Waals surface area contributed by atoms with Gasteiger partial charge in [0, 0.05) is 25.3 Å². The van der Waals surface area contributed by atoms with Crippen molar-refractivity contribution in [1.82, 2.24) is 5.32 Å². The van der Waals surface area contributed by atoms with Crippen molar-refractivity contribution < 1.29 is 0 Å². The zero-order chi connectivity index (χ0) is 16.5. The van der Waals surface area contributed by atoms with E-state index < -0.39 is 0 Å². The summed E-state index contributed by atoms with van der Waals surface area (Å²) in [5.41, 5.74) is 6.56. The summed E-state index contributed by atoms with van der Waals surface area (Å²) >= 11 is 0. The molecule has 0 spiro atoms. The monoisotopic (exact) mass is 307 g/mol. The van der Waals surface area contributed by atoms with E-state index in [1.54, 1.807) is 0 Å². The minimum Gasteiger partial charge on any atom is -0.385 e. The van der Waals surface area contributed by atoms with Gasteiger partial charge in [0.25, 0.3) is 0 Å². The van der Waals surface area contributed by atoms with E-state index in [0.717, 1.165) is 32.1 Å². The minimum absolute atomic E-state index is 0.749. The Morgan fingerprint density at radius 1 is 1.00 bits per heavy atom. The molecule has 0 amide bonds. The van der Waals surface area contributed by atoms with E-state index in [-0.39, 0.29) is 0 Å². The second kappa shape index (κ2) is 16.3. The third-order valence-electron chi connectivity index (χ3n) is 3.48. The molecule has 22 heavy (non-hydrogen) atoms. The maximum absolute atomic E-state index is 5.33.